The molecule has 2 aromatic carbocycles. The lowest BCUT2D eigenvalue weighted by atomic mass is 9.99. The van der Waals surface area contributed by atoms with Gasteiger partial charge < -0.3 is 14.4 Å². The molecule has 206 valence electrons. The van der Waals surface area contributed by atoms with Crippen LogP contribution in [0.2, 0.25) is 0 Å². The van der Waals surface area contributed by atoms with Gasteiger partial charge in [0.1, 0.15) is 17.8 Å². The minimum absolute atomic E-state index is 0.0845. The fourth-order valence-electron chi connectivity index (χ4n) is 5.29. The molecule has 9 heteroatoms. The van der Waals surface area contributed by atoms with Gasteiger partial charge in [-0.3, -0.25) is 9.63 Å². The molecule has 0 bridgehead atoms. The number of hydrogen-bond acceptors (Lipinski definition) is 6. The Morgan fingerprint density at radius 2 is 1.62 bits per heavy atom. The number of hydrogen-bond donors (Lipinski definition) is 1. The number of likely N-dealkylation sites (tertiary alicyclic amines) is 1. The topological polar surface area (TPSA) is 99.1 Å². The summed E-state index contributed by atoms with van der Waals surface area (Å²) in [5.74, 6) is -0.369. The highest BCUT2D eigenvalue weighted by Crippen LogP contribution is 2.39. The van der Waals surface area contributed by atoms with Crippen molar-refractivity contribution < 1.29 is 28.7 Å². The molecule has 3 heterocycles. The van der Waals surface area contributed by atoms with E-state index >= 15 is 0 Å². The van der Waals surface area contributed by atoms with Crippen LogP contribution in [0.15, 0.2) is 42.5 Å². The fraction of sp³-hybridized carbons (Fsp3) is 0.433. The zero-order valence-electron chi connectivity index (χ0n) is 23.3. The maximum Gasteiger partial charge on any atom is 0.419 e. The minimum Gasteiger partial charge on any atom is -0.444 e. The van der Waals surface area contributed by atoms with Gasteiger partial charge in [0.15, 0.2) is 0 Å². The normalized spacial score (nSPS) is 17.6. The summed E-state index contributed by atoms with van der Waals surface area (Å²) in [4.78, 5) is 46.4. The summed E-state index contributed by atoms with van der Waals surface area (Å²) in [6, 6.07) is 13.0. The molecule has 2 aliphatic heterocycles. The largest absolute Gasteiger partial charge is 0.444 e. The van der Waals surface area contributed by atoms with Crippen LogP contribution in [0.1, 0.15) is 81.9 Å². The van der Waals surface area contributed by atoms with E-state index in [0.29, 0.717) is 34.3 Å². The molecule has 0 unspecified atom stereocenters. The van der Waals surface area contributed by atoms with Crippen LogP contribution < -0.4 is 5.48 Å². The number of amides is 2. The average molecular weight is 534 g/mol. The highest BCUT2D eigenvalue weighted by atomic mass is 16.7. The molecule has 0 aliphatic carbocycles. The summed E-state index contributed by atoms with van der Waals surface area (Å²) in [7, 11) is 0. The maximum absolute atomic E-state index is 13.5. The summed E-state index contributed by atoms with van der Waals surface area (Å²) >= 11 is 0. The number of aromatic nitrogens is 1. The first-order valence-corrected chi connectivity index (χ1v) is 13.3. The number of benzene rings is 2. The van der Waals surface area contributed by atoms with Crippen molar-refractivity contribution in [2.45, 2.75) is 78.2 Å². The predicted octanol–water partition coefficient (Wildman–Crippen LogP) is 6.34. The van der Waals surface area contributed by atoms with Gasteiger partial charge in [0.25, 0.3) is 5.91 Å². The smallest absolute Gasteiger partial charge is 0.419 e. The van der Waals surface area contributed by atoms with Crippen molar-refractivity contribution in [3.05, 3.63) is 59.2 Å². The summed E-state index contributed by atoms with van der Waals surface area (Å²) in [5, 5.41) is 0.657. The molecular weight excluding hydrogens is 498 g/mol. The van der Waals surface area contributed by atoms with E-state index in [9.17, 15) is 14.4 Å². The van der Waals surface area contributed by atoms with E-state index in [-0.39, 0.29) is 24.6 Å². The Hall–Kier alpha value is -3.85. The lowest BCUT2D eigenvalue weighted by Gasteiger charge is -2.29. The zero-order chi connectivity index (χ0) is 28.1. The van der Waals surface area contributed by atoms with Crippen LogP contribution in [-0.2, 0) is 20.9 Å². The van der Waals surface area contributed by atoms with Gasteiger partial charge in [-0.25, -0.2) is 19.6 Å². The van der Waals surface area contributed by atoms with E-state index in [0.717, 1.165) is 24.0 Å². The highest BCUT2D eigenvalue weighted by Gasteiger charge is 2.34. The maximum atomic E-state index is 13.5. The van der Waals surface area contributed by atoms with Gasteiger partial charge in [0.2, 0.25) is 0 Å². The molecular formula is C30H35N3O6. The SMILES string of the molecule is CC(C)(C)OC(=O)N1CCC[C@H]1c1ccc(-c2c3c4c(cccc4n2C(=O)OC(C)(C)C)C(=O)NOC3)cc1. The van der Waals surface area contributed by atoms with Crippen LogP contribution in [0.5, 0.6) is 0 Å². The highest BCUT2D eigenvalue weighted by molar-refractivity contribution is 6.12. The third-order valence-electron chi connectivity index (χ3n) is 6.75. The molecule has 1 aromatic heterocycles. The summed E-state index contributed by atoms with van der Waals surface area (Å²) in [6.07, 6.45) is 0.876. The minimum atomic E-state index is -0.717. The Morgan fingerprint density at radius 1 is 0.949 bits per heavy atom. The number of rotatable bonds is 2. The van der Waals surface area contributed by atoms with E-state index in [2.05, 4.69) is 5.48 Å². The van der Waals surface area contributed by atoms with Crippen molar-refractivity contribution in [1.29, 1.82) is 0 Å². The van der Waals surface area contributed by atoms with Crippen LogP contribution in [0, 0.1) is 0 Å². The second kappa shape index (κ2) is 9.72. The Kier molecular flexibility index (Phi) is 6.66. The Bertz CT molecular complexity index is 1440. The first-order chi connectivity index (χ1) is 18.3. The van der Waals surface area contributed by atoms with Crippen LogP contribution in [-0.4, -0.2) is 45.3 Å². The van der Waals surface area contributed by atoms with E-state index in [1.165, 1.54) is 4.57 Å². The Morgan fingerprint density at radius 3 is 2.28 bits per heavy atom. The molecule has 39 heavy (non-hydrogen) atoms. The first-order valence-electron chi connectivity index (χ1n) is 13.3. The molecule has 1 fully saturated rings. The third kappa shape index (κ3) is 5.23. The van der Waals surface area contributed by atoms with Crippen LogP contribution in [0.4, 0.5) is 9.59 Å². The molecule has 9 nitrogen and oxygen atoms in total. The summed E-state index contributed by atoms with van der Waals surface area (Å²) < 4.78 is 12.9. The molecule has 1 atom stereocenters. The monoisotopic (exact) mass is 533 g/mol. The van der Waals surface area contributed by atoms with Crippen LogP contribution in [0.3, 0.4) is 0 Å². The third-order valence-corrected chi connectivity index (χ3v) is 6.75. The van der Waals surface area contributed by atoms with Gasteiger partial charge in [-0.05, 0) is 77.6 Å². The number of carbonyl (C=O) groups excluding carboxylic acids is 3. The fourth-order valence-corrected chi connectivity index (χ4v) is 5.29. The zero-order valence-corrected chi connectivity index (χ0v) is 23.3. The van der Waals surface area contributed by atoms with Crippen molar-refractivity contribution >= 4 is 29.0 Å². The van der Waals surface area contributed by atoms with Crippen molar-refractivity contribution in [3.63, 3.8) is 0 Å². The van der Waals surface area contributed by atoms with Crippen molar-refractivity contribution in [2.75, 3.05) is 6.54 Å². The van der Waals surface area contributed by atoms with Crippen molar-refractivity contribution in [2.24, 2.45) is 0 Å². The standard InChI is InChI=1S/C30H35N3O6/c1-29(2,3)38-27(35)32-16-8-11-22(32)18-12-14-19(15-13-18)25-21-17-37-31-26(34)20-9-7-10-23(24(20)21)33(25)28(36)39-30(4,5)6/h7,9-10,12-15,22H,8,11,16-17H2,1-6H3,(H,31,34)/t22-/m0/s1. The van der Waals surface area contributed by atoms with Crippen LogP contribution >= 0.6 is 0 Å². The summed E-state index contributed by atoms with van der Waals surface area (Å²) in [6.45, 7) is 11.8. The first kappa shape index (κ1) is 26.7. The number of nitrogens with one attached hydrogen (secondary N) is 1. The Labute approximate surface area is 228 Å². The molecule has 5 rings (SSSR count). The number of ether oxygens (including phenoxy) is 2. The van der Waals surface area contributed by atoms with E-state index in [1.807, 2.05) is 65.8 Å². The molecule has 0 spiro atoms. The van der Waals surface area contributed by atoms with Crippen LogP contribution in [0.25, 0.3) is 22.2 Å². The number of carbonyl (C=O) groups is 3. The van der Waals surface area contributed by atoms with Gasteiger partial charge in [-0.15, -0.1) is 0 Å². The van der Waals surface area contributed by atoms with Crippen molar-refractivity contribution in [3.8, 4) is 11.3 Å². The second-order valence-corrected chi connectivity index (χ2v) is 12.0. The van der Waals surface area contributed by atoms with E-state index in [1.54, 1.807) is 23.1 Å². The quantitative estimate of drug-likeness (QED) is 0.413. The van der Waals surface area contributed by atoms with Gasteiger partial charge in [-0.1, -0.05) is 30.3 Å². The van der Waals surface area contributed by atoms with Gasteiger partial charge in [0, 0.05) is 17.5 Å². The molecule has 2 aliphatic rings. The average Bonchev–Trinajstić information content (AvgIpc) is 3.41. The lowest BCUT2D eigenvalue weighted by molar-refractivity contribution is 0.0223. The molecule has 0 radical (unpaired) electrons. The van der Waals surface area contributed by atoms with E-state index < -0.39 is 17.3 Å². The summed E-state index contributed by atoms with van der Waals surface area (Å²) in [5.41, 5.74) is 5.25. The molecule has 1 saturated heterocycles. The van der Waals surface area contributed by atoms with Crippen molar-refractivity contribution in [1.82, 2.24) is 14.9 Å². The van der Waals surface area contributed by atoms with E-state index in [4.69, 9.17) is 14.3 Å². The second-order valence-electron chi connectivity index (χ2n) is 12.0. The predicted molar refractivity (Wildman–Crippen MR) is 146 cm³/mol. The molecule has 0 saturated carbocycles. The number of hydroxylamine groups is 1. The molecule has 2 amide bonds. The van der Waals surface area contributed by atoms with Gasteiger partial charge in [0.05, 0.1) is 22.8 Å². The lowest BCUT2D eigenvalue weighted by Crippen LogP contribution is -2.36. The van der Waals surface area contributed by atoms with Gasteiger partial charge >= 0.3 is 12.2 Å². The molecule has 1 N–H and O–H groups in total. The Balaban J connectivity index is 1.59. The van der Waals surface area contributed by atoms with Gasteiger partial charge in [-0.2, -0.15) is 0 Å². The molecule has 3 aromatic rings. The number of nitrogens with zero attached hydrogens (tertiary/aromatic N) is 2.